The van der Waals surface area contributed by atoms with E-state index in [0.29, 0.717) is 21.9 Å². The molecule has 1 aliphatic heterocycles. The maximum atomic E-state index is 13.5. The molecule has 0 N–H and O–H groups in total. The normalized spacial score (nSPS) is 19.9. The zero-order chi connectivity index (χ0) is 14.3. The fraction of sp³-hybridized carbons (Fsp3) is 0.143. The third kappa shape index (κ3) is 2.14. The van der Waals surface area contributed by atoms with Crippen LogP contribution in [0, 0.1) is 5.82 Å². The quantitative estimate of drug-likeness (QED) is 0.771. The van der Waals surface area contributed by atoms with Crippen molar-refractivity contribution in [2.24, 2.45) is 0 Å². The van der Waals surface area contributed by atoms with E-state index in [9.17, 15) is 8.96 Å². The van der Waals surface area contributed by atoms with E-state index >= 15 is 0 Å². The molecular formula is C14H11ClFO3P. The van der Waals surface area contributed by atoms with Gasteiger partial charge in [0.05, 0.1) is 11.9 Å². The number of rotatable bonds is 2. The Hall–Kier alpha value is -1.35. The van der Waals surface area contributed by atoms with Crippen LogP contribution in [0.5, 0.6) is 5.75 Å². The highest BCUT2D eigenvalue weighted by atomic mass is 35.5. The van der Waals surface area contributed by atoms with Crippen LogP contribution >= 0.6 is 19.2 Å². The second-order valence-corrected chi connectivity index (χ2v) is 6.66. The van der Waals surface area contributed by atoms with Crippen molar-refractivity contribution in [3.8, 4) is 16.9 Å². The summed E-state index contributed by atoms with van der Waals surface area (Å²) in [5, 5.41) is 0.755. The first kappa shape index (κ1) is 13.6. The number of hydrogen-bond acceptors (Lipinski definition) is 3. The van der Waals surface area contributed by atoms with E-state index in [1.54, 1.807) is 31.2 Å². The van der Waals surface area contributed by atoms with Crippen molar-refractivity contribution in [2.75, 3.05) is 6.61 Å². The van der Waals surface area contributed by atoms with Gasteiger partial charge < -0.3 is 4.52 Å². The van der Waals surface area contributed by atoms with Crippen molar-refractivity contribution in [3.63, 3.8) is 0 Å². The molecule has 6 heteroatoms. The highest BCUT2D eigenvalue weighted by Gasteiger charge is 2.37. The van der Waals surface area contributed by atoms with Crippen LogP contribution in [0.4, 0.5) is 4.39 Å². The molecule has 20 heavy (non-hydrogen) atoms. The Morgan fingerprint density at radius 2 is 2.05 bits per heavy atom. The van der Waals surface area contributed by atoms with Gasteiger partial charge in [0.2, 0.25) is 0 Å². The summed E-state index contributed by atoms with van der Waals surface area (Å²) < 4.78 is 37.1. The zero-order valence-electron chi connectivity index (χ0n) is 10.6. The molecule has 2 aromatic carbocycles. The first-order chi connectivity index (χ1) is 9.53. The fourth-order valence-electron chi connectivity index (χ4n) is 2.20. The van der Waals surface area contributed by atoms with Gasteiger partial charge in [-0.2, -0.15) is 0 Å². The number of benzene rings is 2. The van der Waals surface area contributed by atoms with Gasteiger partial charge in [0.25, 0.3) is 0 Å². The Balaban J connectivity index is 2.29. The third-order valence-corrected chi connectivity index (χ3v) is 5.23. The molecule has 2 aromatic rings. The Morgan fingerprint density at radius 1 is 1.25 bits per heavy atom. The van der Waals surface area contributed by atoms with Crippen LogP contribution in [-0.2, 0) is 9.09 Å². The zero-order valence-corrected chi connectivity index (χ0v) is 12.2. The van der Waals surface area contributed by atoms with Gasteiger partial charge in [-0.15, -0.1) is 0 Å². The standard InChI is InChI=1S/C14H11ClFO3P/c1-2-18-20(17)14-8-10(16)4-5-11(14)12-7-9(15)3-6-13(12)19-20/h3-8H,2H2,1H3. The van der Waals surface area contributed by atoms with E-state index in [1.165, 1.54) is 12.1 Å². The monoisotopic (exact) mass is 312 g/mol. The summed E-state index contributed by atoms with van der Waals surface area (Å²) in [6.07, 6.45) is 0. The first-order valence-corrected chi connectivity index (χ1v) is 8.00. The van der Waals surface area contributed by atoms with E-state index in [-0.39, 0.29) is 11.9 Å². The average Bonchev–Trinajstić information content (AvgIpc) is 2.40. The van der Waals surface area contributed by atoms with Crippen LogP contribution in [-0.4, -0.2) is 6.61 Å². The number of hydrogen-bond donors (Lipinski definition) is 0. The highest BCUT2D eigenvalue weighted by Crippen LogP contribution is 2.55. The van der Waals surface area contributed by atoms with Gasteiger partial charge in [0, 0.05) is 16.1 Å². The summed E-state index contributed by atoms with van der Waals surface area (Å²) in [6, 6.07) is 9.04. The van der Waals surface area contributed by atoms with Crippen molar-refractivity contribution >= 4 is 24.5 Å². The van der Waals surface area contributed by atoms with Crippen LogP contribution in [0.15, 0.2) is 36.4 Å². The van der Waals surface area contributed by atoms with Gasteiger partial charge in [-0.1, -0.05) is 17.7 Å². The lowest BCUT2D eigenvalue weighted by atomic mass is 10.0. The van der Waals surface area contributed by atoms with Gasteiger partial charge in [-0.25, -0.2) is 8.96 Å². The van der Waals surface area contributed by atoms with E-state index in [4.69, 9.17) is 20.6 Å². The molecule has 0 spiro atoms. The van der Waals surface area contributed by atoms with E-state index in [0.717, 1.165) is 0 Å². The van der Waals surface area contributed by atoms with Crippen LogP contribution < -0.4 is 9.83 Å². The Morgan fingerprint density at radius 3 is 2.80 bits per heavy atom. The molecule has 0 amide bonds. The third-order valence-electron chi connectivity index (χ3n) is 3.00. The molecule has 1 aliphatic rings. The summed E-state index contributed by atoms with van der Waals surface area (Å²) >= 11 is 5.98. The molecule has 0 fully saturated rings. The number of halogens is 2. The summed E-state index contributed by atoms with van der Waals surface area (Å²) in [6.45, 7) is 1.91. The molecular weight excluding hydrogens is 302 g/mol. The van der Waals surface area contributed by atoms with Crippen LogP contribution in [0.1, 0.15) is 6.92 Å². The average molecular weight is 313 g/mol. The lowest BCUT2D eigenvalue weighted by molar-refractivity contribution is 0.288. The predicted octanol–water partition coefficient (Wildman–Crippen LogP) is 4.39. The molecule has 0 saturated heterocycles. The Kier molecular flexibility index (Phi) is 3.33. The summed E-state index contributed by atoms with van der Waals surface area (Å²) in [7, 11) is -3.56. The molecule has 0 bridgehead atoms. The van der Waals surface area contributed by atoms with Gasteiger partial charge in [-0.05, 0) is 37.3 Å². The van der Waals surface area contributed by atoms with E-state index in [2.05, 4.69) is 0 Å². The van der Waals surface area contributed by atoms with Gasteiger partial charge in [-0.3, -0.25) is 4.52 Å². The molecule has 0 aliphatic carbocycles. The van der Waals surface area contributed by atoms with Crippen LogP contribution in [0.25, 0.3) is 11.1 Å². The molecule has 0 radical (unpaired) electrons. The topological polar surface area (TPSA) is 35.5 Å². The highest BCUT2D eigenvalue weighted by molar-refractivity contribution is 7.63. The van der Waals surface area contributed by atoms with Gasteiger partial charge in [0.15, 0.2) is 0 Å². The maximum Gasteiger partial charge on any atom is 0.411 e. The molecule has 104 valence electrons. The molecule has 0 saturated carbocycles. The second kappa shape index (κ2) is 4.88. The van der Waals surface area contributed by atoms with E-state index in [1.807, 2.05) is 0 Å². The van der Waals surface area contributed by atoms with Crippen LogP contribution in [0.3, 0.4) is 0 Å². The fourth-order valence-corrected chi connectivity index (χ4v) is 4.19. The van der Waals surface area contributed by atoms with Crippen LogP contribution in [0.2, 0.25) is 5.02 Å². The molecule has 1 atom stereocenters. The molecule has 1 unspecified atom stereocenters. The maximum absolute atomic E-state index is 13.5. The second-order valence-electron chi connectivity index (χ2n) is 4.31. The SMILES string of the molecule is CCOP1(=O)Oc2ccc(Cl)cc2-c2ccc(F)cc21. The van der Waals surface area contributed by atoms with Crippen molar-refractivity contribution in [1.82, 2.24) is 0 Å². The van der Waals surface area contributed by atoms with E-state index < -0.39 is 13.4 Å². The summed E-state index contributed by atoms with van der Waals surface area (Å²) in [5.74, 6) is -0.0666. The minimum atomic E-state index is -3.56. The van der Waals surface area contributed by atoms with Crippen molar-refractivity contribution in [3.05, 3.63) is 47.2 Å². The molecule has 3 rings (SSSR count). The predicted molar refractivity (Wildman–Crippen MR) is 76.3 cm³/mol. The molecule has 1 heterocycles. The largest absolute Gasteiger partial charge is 0.421 e. The van der Waals surface area contributed by atoms with Gasteiger partial charge in [0.1, 0.15) is 11.6 Å². The van der Waals surface area contributed by atoms with Crippen molar-refractivity contribution in [1.29, 1.82) is 0 Å². The van der Waals surface area contributed by atoms with Crippen molar-refractivity contribution < 1.29 is 18.0 Å². The molecule has 0 aromatic heterocycles. The lowest BCUT2D eigenvalue weighted by Crippen LogP contribution is -2.20. The first-order valence-electron chi connectivity index (χ1n) is 6.08. The lowest BCUT2D eigenvalue weighted by Gasteiger charge is -2.27. The summed E-state index contributed by atoms with van der Waals surface area (Å²) in [5.41, 5.74) is 1.30. The summed E-state index contributed by atoms with van der Waals surface area (Å²) in [4.78, 5) is 0. The van der Waals surface area contributed by atoms with Gasteiger partial charge >= 0.3 is 7.60 Å². The van der Waals surface area contributed by atoms with Crippen molar-refractivity contribution in [2.45, 2.75) is 6.92 Å². The minimum Gasteiger partial charge on any atom is -0.421 e. The Labute approximate surface area is 120 Å². The minimum absolute atomic E-state index is 0.205. The smallest absolute Gasteiger partial charge is 0.411 e. The number of fused-ring (bicyclic) bond motifs is 3. The Bertz CT molecular complexity index is 732. The molecule has 3 nitrogen and oxygen atoms in total.